The summed E-state index contributed by atoms with van der Waals surface area (Å²) >= 11 is 0. The predicted molar refractivity (Wildman–Crippen MR) is 76.6 cm³/mol. The van der Waals surface area contributed by atoms with Crippen molar-refractivity contribution in [1.82, 2.24) is 20.1 Å². The number of hydrogen-bond acceptors (Lipinski definition) is 6. The van der Waals surface area contributed by atoms with Gasteiger partial charge in [0.25, 0.3) is 0 Å². The van der Waals surface area contributed by atoms with E-state index in [4.69, 9.17) is 4.74 Å². The van der Waals surface area contributed by atoms with Crippen molar-refractivity contribution in [2.24, 2.45) is 0 Å². The summed E-state index contributed by atoms with van der Waals surface area (Å²) in [6.45, 7) is 1.50. The first-order valence-corrected chi connectivity index (χ1v) is 7.14. The lowest BCUT2D eigenvalue weighted by Crippen LogP contribution is -2.05. The third-order valence-corrected chi connectivity index (χ3v) is 3.17. The Balaban J connectivity index is 1.92. The fourth-order valence-corrected chi connectivity index (χ4v) is 1.91. The first kappa shape index (κ1) is 18.6. The zero-order valence-electron chi connectivity index (χ0n) is 13.3. The van der Waals surface area contributed by atoms with E-state index in [-0.39, 0.29) is 17.5 Å². The van der Waals surface area contributed by atoms with Gasteiger partial charge in [-0.15, -0.1) is 0 Å². The van der Waals surface area contributed by atoms with Gasteiger partial charge in [0.05, 0.1) is 5.56 Å². The van der Waals surface area contributed by atoms with Crippen LogP contribution < -0.4 is 4.74 Å². The second-order valence-corrected chi connectivity index (χ2v) is 5.23. The van der Waals surface area contributed by atoms with Crippen LogP contribution in [-0.2, 0) is 12.4 Å². The molecule has 0 aliphatic heterocycles. The van der Waals surface area contributed by atoms with E-state index in [1.54, 1.807) is 0 Å². The van der Waals surface area contributed by atoms with Crippen LogP contribution in [0.25, 0.3) is 11.6 Å². The van der Waals surface area contributed by atoms with E-state index in [0.29, 0.717) is 5.56 Å². The fraction of sp³-hybridized carbons (Fsp3) is 0.200. The zero-order valence-corrected chi connectivity index (χ0v) is 13.3. The molecule has 0 unspecified atom stereocenters. The van der Waals surface area contributed by atoms with Crippen LogP contribution in [0, 0.1) is 6.92 Å². The third kappa shape index (κ3) is 4.15. The fourth-order valence-electron chi connectivity index (χ4n) is 1.91. The van der Waals surface area contributed by atoms with Gasteiger partial charge in [-0.3, -0.25) is 0 Å². The Bertz CT molecular complexity index is 967. The lowest BCUT2D eigenvalue weighted by atomic mass is 10.2. The Morgan fingerprint density at radius 1 is 0.963 bits per heavy atom. The summed E-state index contributed by atoms with van der Waals surface area (Å²) in [5, 5.41) is 3.14. The van der Waals surface area contributed by atoms with E-state index in [1.165, 1.54) is 19.2 Å². The lowest BCUT2D eigenvalue weighted by Gasteiger charge is -2.11. The SMILES string of the molecule is Cc1cnc(-c2noc(C(F)(F)F)n2)nc1Oc1cccc(C(F)(F)F)c1. The highest BCUT2D eigenvalue weighted by molar-refractivity contribution is 5.45. The van der Waals surface area contributed by atoms with Crippen molar-refractivity contribution in [1.29, 1.82) is 0 Å². The third-order valence-electron chi connectivity index (χ3n) is 3.17. The second-order valence-electron chi connectivity index (χ2n) is 5.23. The van der Waals surface area contributed by atoms with Crippen LogP contribution in [0.3, 0.4) is 0 Å². The van der Waals surface area contributed by atoms with E-state index in [0.717, 1.165) is 18.2 Å². The molecule has 6 nitrogen and oxygen atoms in total. The van der Waals surface area contributed by atoms with Crippen molar-refractivity contribution in [2.75, 3.05) is 0 Å². The average Bonchev–Trinajstić information content (AvgIpc) is 3.07. The number of alkyl halides is 6. The molecule has 12 heteroatoms. The van der Waals surface area contributed by atoms with Gasteiger partial charge < -0.3 is 9.26 Å². The molecule has 2 aromatic heterocycles. The highest BCUT2D eigenvalue weighted by Crippen LogP contribution is 2.33. The molecule has 0 bridgehead atoms. The molecule has 0 saturated carbocycles. The van der Waals surface area contributed by atoms with Crippen molar-refractivity contribution in [3.8, 4) is 23.3 Å². The largest absolute Gasteiger partial charge is 0.471 e. The van der Waals surface area contributed by atoms with Crippen LogP contribution in [0.5, 0.6) is 11.6 Å². The number of nitrogens with zero attached hydrogens (tertiary/aromatic N) is 4. The van der Waals surface area contributed by atoms with Crippen molar-refractivity contribution >= 4 is 0 Å². The minimum absolute atomic E-state index is 0.165. The van der Waals surface area contributed by atoms with Crippen molar-refractivity contribution in [3.05, 3.63) is 47.5 Å². The summed E-state index contributed by atoms with van der Waals surface area (Å²) in [5.74, 6) is -2.81. The molecule has 0 fully saturated rings. The van der Waals surface area contributed by atoms with Gasteiger partial charge in [0.1, 0.15) is 5.75 Å². The van der Waals surface area contributed by atoms with E-state index in [1.807, 2.05) is 0 Å². The second kappa shape index (κ2) is 6.52. The standard InChI is InChI=1S/C15H8F6N4O2/c1-7-6-22-10(11-24-13(27-25-11)15(19,20)21)23-12(7)26-9-4-2-3-8(5-9)14(16,17)18/h2-6H,1H3. The molecule has 0 atom stereocenters. The minimum atomic E-state index is -4.84. The van der Waals surface area contributed by atoms with E-state index < -0.39 is 29.6 Å². The van der Waals surface area contributed by atoms with Crippen LogP contribution in [0.15, 0.2) is 35.0 Å². The highest BCUT2D eigenvalue weighted by Gasteiger charge is 2.39. The van der Waals surface area contributed by atoms with E-state index in [2.05, 4.69) is 24.6 Å². The molecular formula is C15H8F6N4O2. The molecule has 3 rings (SSSR count). The summed E-state index contributed by atoms with van der Waals surface area (Å²) in [4.78, 5) is 10.8. The van der Waals surface area contributed by atoms with Gasteiger partial charge in [0.15, 0.2) is 0 Å². The summed E-state index contributed by atoms with van der Waals surface area (Å²) in [7, 11) is 0. The molecular weight excluding hydrogens is 382 g/mol. The molecule has 0 radical (unpaired) electrons. The van der Waals surface area contributed by atoms with Gasteiger partial charge >= 0.3 is 18.2 Å². The molecule has 2 heterocycles. The molecule has 0 N–H and O–H groups in total. The number of halogens is 6. The minimum Gasteiger partial charge on any atom is -0.439 e. The molecule has 3 aromatic rings. The quantitative estimate of drug-likeness (QED) is 0.606. The molecule has 0 aliphatic carbocycles. The number of aryl methyl sites for hydroxylation is 1. The summed E-state index contributed by atoms with van der Waals surface area (Å²) in [6.07, 6.45) is -8.20. The summed E-state index contributed by atoms with van der Waals surface area (Å²) in [5.41, 5.74) is -0.601. The van der Waals surface area contributed by atoms with E-state index in [9.17, 15) is 26.3 Å². The van der Waals surface area contributed by atoms with Gasteiger partial charge in [-0.25, -0.2) is 4.98 Å². The van der Waals surface area contributed by atoms with Gasteiger partial charge in [-0.05, 0) is 25.1 Å². The lowest BCUT2D eigenvalue weighted by molar-refractivity contribution is -0.159. The summed E-state index contributed by atoms with van der Waals surface area (Å²) < 4.78 is 85.3. The number of rotatable bonds is 3. The maximum atomic E-state index is 12.8. The van der Waals surface area contributed by atoms with Crippen LogP contribution in [-0.4, -0.2) is 20.1 Å². The van der Waals surface area contributed by atoms with Gasteiger partial charge in [-0.1, -0.05) is 11.2 Å². The molecule has 0 amide bonds. The number of ether oxygens (including phenoxy) is 1. The van der Waals surface area contributed by atoms with Gasteiger partial charge in [-0.2, -0.15) is 36.3 Å². The maximum absolute atomic E-state index is 12.8. The van der Waals surface area contributed by atoms with Crippen LogP contribution in [0.2, 0.25) is 0 Å². The first-order chi connectivity index (χ1) is 12.5. The van der Waals surface area contributed by atoms with Gasteiger partial charge in [0, 0.05) is 11.8 Å². The normalized spacial score (nSPS) is 12.3. The summed E-state index contributed by atoms with van der Waals surface area (Å²) in [6, 6.07) is 4.04. The smallest absolute Gasteiger partial charge is 0.439 e. The molecule has 0 aliphatic rings. The number of aromatic nitrogens is 4. The van der Waals surface area contributed by atoms with Crippen LogP contribution in [0.4, 0.5) is 26.3 Å². The number of benzene rings is 1. The van der Waals surface area contributed by atoms with E-state index >= 15 is 0 Å². The molecule has 0 spiro atoms. The van der Waals surface area contributed by atoms with Crippen molar-refractivity contribution in [3.63, 3.8) is 0 Å². The van der Waals surface area contributed by atoms with Crippen molar-refractivity contribution in [2.45, 2.75) is 19.3 Å². The topological polar surface area (TPSA) is 73.9 Å². The van der Waals surface area contributed by atoms with Crippen LogP contribution in [0.1, 0.15) is 17.0 Å². The highest BCUT2D eigenvalue weighted by atomic mass is 19.4. The van der Waals surface area contributed by atoms with Gasteiger partial charge in [0.2, 0.25) is 17.5 Å². The van der Waals surface area contributed by atoms with Crippen LogP contribution >= 0.6 is 0 Å². The predicted octanol–water partition coefficient (Wildman–Crippen LogP) is 4.66. The van der Waals surface area contributed by atoms with Crippen molar-refractivity contribution < 1.29 is 35.6 Å². The first-order valence-electron chi connectivity index (χ1n) is 7.14. The number of hydrogen-bond donors (Lipinski definition) is 0. The Morgan fingerprint density at radius 3 is 2.33 bits per heavy atom. The zero-order chi connectivity index (χ0) is 19.8. The molecule has 0 saturated heterocycles. The Hall–Kier alpha value is -3.18. The Kier molecular flexibility index (Phi) is 4.49. The molecule has 1 aromatic carbocycles. The Morgan fingerprint density at radius 2 is 1.70 bits per heavy atom. The Labute approximate surface area is 146 Å². The average molecular weight is 390 g/mol. The maximum Gasteiger partial charge on any atom is 0.471 e. The molecule has 27 heavy (non-hydrogen) atoms. The molecule has 142 valence electrons. The monoisotopic (exact) mass is 390 g/mol.